The Bertz CT molecular complexity index is 366. The number of nitrogens with zero attached hydrogens (tertiary/aromatic N) is 3. The van der Waals surface area contributed by atoms with E-state index in [1.165, 1.54) is 43.7 Å². The van der Waals surface area contributed by atoms with Gasteiger partial charge in [-0.05, 0) is 52.7 Å². The molecule has 1 N–H and O–H groups in total. The molecule has 0 saturated carbocycles. The monoisotopic (exact) mass is 250 g/mol. The van der Waals surface area contributed by atoms with Gasteiger partial charge in [0.05, 0.1) is 6.20 Å². The molecule has 2 heterocycles. The molecule has 18 heavy (non-hydrogen) atoms. The third-order valence-electron chi connectivity index (χ3n) is 3.91. The van der Waals surface area contributed by atoms with Gasteiger partial charge >= 0.3 is 0 Å². The van der Waals surface area contributed by atoms with Gasteiger partial charge < -0.3 is 10.2 Å². The summed E-state index contributed by atoms with van der Waals surface area (Å²) in [5.74, 6) is 0.810. The Morgan fingerprint density at radius 2 is 2.39 bits per heavy atom. The van der Waals surface area contributed by atoms with Crippen molar-refractivity contribution in [1.82, 2.24) is 20.0 Å². The SMILES string of the molecule is CCn1ncc(CN(C)CC2CCCNC2)c1C. The second kappa shape index (κ2) is 6.34. The molecular formula is C14H26N4. The van der Waals surface area contributed by atoms with Gasteiger partial charge in [-0.2, -0.15) is 5.10 Å². The predicted molar refractivity (Wildman–Crippen MR) is 74.6 cm³/mol. The molecule has 1 unspecified atom stereocenters. The zero-order valence-electron chi connectivity index (χ0n) is 11.9. The average molecular weight is 250 g/mol. The van der Waals surface area contributed by atoms with Gasteiger partial charge in [-0.25, -0.2) is 0 Å². The lowest BCUT2D eigenvalue weighted by atomic mass is 9.99. The Hall–Kier alpha value is -0.870. The summed E-state index contributed by atoms with van der Waals surface area (Å²) in [4.78, 5) is 2.43. The third-order valence-corrected chi connectivity index (χ3v) is 3.91. The van der Waals surface area contributed by atoms with Gasteiger partial charge in [0.2, 0.25) is 0 Å². The van der Waals surface area contributed by atoms with Crippen molar-refractivity contribution in [2.45, 2.75) is 39.8 Å². The smallest absolute Gasteiger partial charge is 0.0537 e. The lowest BCUT2D eigenvalue weighted by Gasteiger charge is -2.27. The van der Waals surface area contributed by atoms with Crippen molar-refractivity contribution in [3.05, 3.63) is 17.5 Å². The summed E-state index contributed by atoms with van der Waals surface area (Å²) in [5, 5.41) is 7.90. The van der Waals surface area contributed by atoms with E-state index < -0.39 is 0 Å². The number of aryl methyl sites for hydroxylation is 1. The Morgan fingerprint density at radius 3 is 3.00 bits per heavy atom. The van der Waals surface area contributed by atoms with E-state index in [1.807, 2.05) is 6.20 Å². The lowest BCUT2D eigenvalue weighted by Crippen LogP contribution is -2.36. The molecule has 4 nitrogen and oxygen atoms in total. The summed E-state index contributed by atoms with van der Waals surface area (Å²) in [6, 6.07) is 0. The van der Waals surface area contributed by atoms with Crippen LogP contribution in [-0.4, -0.2) is 41.4 Å². The largest absolute Gasteiger partial charge is 0.316 e. The summed E-state index contributed by atoms with van der Waals surface area (Å²) >= 11 is 0. The molecule has 0 aliphatic carbocycles. The number of aromatic nitrogens is 2. The fraction of sp³-hybridized carbons (Fsp3) is 0.786. The highest BCUT2D eigenvalue weighted by atomic mass is 15.3. The Labute approximate surface area is 110 Å². The quantitative estimate of drug-likeness (QED) is 0.862. The van der Waals surface area contributed by atoms with Crippen LogP contribution in [-0.2, 0) is 13.1 Å². The van der Waals surface area contributed by atoms with Gasteiger partial charge in [-0.15, -0.1) is 0 Å². The summed E-state index contributed by atoms with van der Waals surface area (Å²) in [5.41, 5.74) is 2.68. The van der Waals surface area contributed by atoms with Crippen molar-refractivity contribution in [2.75, 3.05) is 26.7 Å². The first-order valence-electron chi connectivity index (χ1n) is 7.11. The minimum atomic E-state index is 0.810. The fourth-order valence-electron chi connectivity index (χ4n) is 2.84. The van der Waals surface area contributed by atoms with Gasteiger partial charge in [0.15, 0.2) is 0 Å². The summed E-state index contributed by atoms with van der Waals surface area (Å²) < 4.78 is 2.07. The Morgan fingerprint density at radius 1 is 1.56 bits per heavy atom. The molecule has 1 aliphatic heterocycles. The molecule has 1 saturated heterocycles. The van der Waals surface area contributed by atoms with E-state index in [0.29, 0.717) is 0 Å². The number of hydrogen-bond donors (Lipinski definition) is 1. The maximum Gasteiger partial charge on any atom is 0.0537 e. The molecule has 2 rings (SSSR count). The van der Waals surface area contributed by atoms with E-state index in [9.17, 15) is 0 Å². The van der Waals surface area contributed by atoms with Gasteiger partial charge in [-0.3, -0.25) is 4.68 Å². The first-order chi connectivity index (χ1) is 8.70. The number of piperidine rings is 1. The van der Waals surface area contributed by atoms with Crippen LogP contribution in [0.4, 0.5) is 0 Å². The molecule has 4 heteroatoms. The van der Waals surface area contributed by atoms with Crippen LogP contribution in [0.15, 0.2) is 6.20 Å². The van der Waals surface area contributed by atoms with Crippen molar-refractivity contribution in [3.63, 3.8) is 0 Å². The van der Waals surface area contributed by atoms with Gasteiger partial charge in [0, 0.05) is 30.9 Å². The van der Waals surface area contributed by atoms with Crippen LogP contribution in [0.2, 0.25) is 0 Å². The first kappa shape index (κ1) is 13.6. The van der Waals surface area contributed by atoms with Gasteiger partial charge in [0.1, 0.15) is 0 Å². The van der Waals surface area contributed by atoms with E-state index in [-0.39, 0.29) is 0 Å². The molecule has 1 aliphatic rings. The molecule has 1 atom stereocenters. The zero-order valence-corrected chi connectivity index (χ0v) is 11.9. The lowest BCUT2D eigenvalue weighted by molar-refractivity contribution is 0.237. The van der Waals surface area contributed by atoms with E-state index in [1.54, 1.807) is 0 Å². The van der Waals surface area contributed by atoms with Crippen LogP contribution >= 0.6 is 0 Å². The van der Waals surface area contributed by atoms with Crippen molar-refractivity contribution < 1.29 is 0 Å². The zero-order chi connectivity index (χ0) is 13.0. The van der Waals surface area contributed by atoms with Gasteiger partial charge in [-0.1, -0.05) is 0 Å². The standard InChI is InChI=1S/C14H26N4/c1-4-18-12(2)14(9-16-18)11-17(3)10-13-6-5-7-15-8-13/h9,13,15H,4-8,10-11H2,1-3H3. The van der Waals surface area contributed by atoms with E-state index in [0.717, 1.165) is 19.0 Å². The molecule has 1 fully saturated rings. The Balaban J connectivity index is 1.85. The van der Waals surface area contributed by atoms with Crippen LogP contribution in [0.3, 0.4) is 0 Å². The van der Waals surface area contributed by atoms with Crippen molar-refractivity contribution in [2.24, 2.45) is 5.92 Å². The van der Waals surface area contributed by atoms with Crippen LogP contribution in [0.25, 0.3) is 0 Å². The molecule has 0 radical (unpaired) electrons. The van der Waals surface area contributed by atoms with Crippen molar-refractivity contribution >= 4 is 0 Å². The first-order valence-corrected chi connectivity index (χ1v) is 7.11. The topological polar surface area (TPSA) is 33.1 Å². The molecule has 0 amide bonds. The molecule has 102 valence electrons. The van der Waals surface area contributed by atoms with Crippen LogP contribution in [0, 0.1) is 12.8 Å². The Kier molecular flexibility index (Phi) is 4.78. The summed E-state index contributed by atoms with van der Waals surface area (Å²) in [7, 11) is 2.22. The maximum absolute atomic E-state index is 4.41. The summed E-state index contributed by atoms with van der Waals surface area (Å²) in [6.45, 7) is 9.84. The highest BCUT2D eigenvalue weighted by Crippen LogP contribution is 2.14. The molecule has 1 aromatic heterocycles. The number of rotatable bonds is 5. The molecular weight excluding hydrogens is 224 g/mol. The minimum Gasteiger partial charge on any atom is -0.316 e. The molecule has 0 bridgehead atoms. The highest BCUT2D eigenvalue weighted by Gasteiger charge is 2.16. The molecule has 1 aromatic rings. The average Bonchev–Trinajstić information content (AvgIpc) is 2.71. The maximum atomic E-state index is 4.41. The fourth-order valence-corrected chi connectivity index (χ4v) is 2.84. The third kappa shape index (κ3) is 3.33. The second-order valence-corrected chi connectivity index (χ2v) is 5.48. The minimum absolute atomic E-state index is 0.810. The second-order valence-electron chi connectivity index (χ2n) is 5.48. The predicted octanol–water partition coefficient (Wildman–Crippen LogP) is 1.64. The van der Waals surface area contributed by atoms with E-state index in [4.69, 9.17) is 0 Å². The summed E-state index contributed by atoms with van der Waals surface area (Å²) in [6.07, 6.45) is 4.71. The number of hydrogen-bond acceptors (Lipinski definition) is 3. The molecule has 0 spiro atoms. The van der Waals surface area contributed by atoms with Crippen LogP contribution < -0.4 is 5.32 Å². The normalized spacial score (nSPS) is 20.6. The van der Waals surface area contributed by atoms with Crippen molar-refractivity contribution in [3.8, 4) is 0 Å². The molecule has 0 aromatic carbocycles. The highest BCUT2D eigenvalue weighted by molar-refractivity contribution is 5.15. The van der Waals surface area contributed by atoms with E-state index in [2.05, 4.69) is 40.9 Å². The van der Waals surface area contributed by atoms with E-state index >= 15 is 0 Å². The van der Waals surface area contributed by atoms with Gasteiger partial charge in [0.25, 0.3) is 0 Å². The van der Waals surface area contributed by atoms with Crippen molar-refractivity contribution in [1.29, 1.82) is 0 Å². The number of nitrogens with one attached hydrogen (secondary N) is 1. The van der Waals surface area contributed by atoms with Crippen LogP contribution in [0.1, 0.15) is 31.0 Å². The van der Waals surface area contributed by atoms with Crippen LogP contribution in [0.5, 0.6) is 0 Å².